The number of rotatable bonds is 2. The van der Waals surface area contributed by atoms with Gasteiger partial charge in [0.1, 0.15) is 5.69 Å². The number of pyridine rings is 1. The molecule has 2 heterocycles. The van der Waals surface area contributed by atoms with E-state index in [0.717, 1.165) is 38.8 Å². The maximum absolute atomic E-state index is 5.06. The zero-order chi connectivity index (χ0) is 22.5. The molecule has 3 nitrogen and oxygen atoms in total. The summed E-state index contributed by atoms with van der Waals surface area (Å²) in [6.07, 6.45) is 0. The third-order valence-electron chi connectivity index (χ3n) is 6.45. The summed E-state index contributed by atoms with van der Waals surface area (Å²) in [6, 6.07) is 39.9. The third-order valence-corrected chi connectivity index (χ3v) is 6.45. The second-order valence-corrected chi connectivity index (χ2v) is 8.52. The van der Waals surface area contributed by atoms with Crippen LogP contribution in [0.3, 0.4) is 0 Å². The highest BCUT2D eigenvalue weighted by Crippen LogP contribution is 2.33. The normalized spacial score (nSPS) is 11.5. The van der Waals surface area contributed by atoms with Crippen LogP contribution in [0.4, 0.5) is 0 Å². The van der Waals surface area contributed by atoms with Crippen molar-refractivity contribution < 1.29 is 0 Å². The molecule has 0 amide bonds. The zero-order valence-electron chi connectivity index (χ0n) is 18.3. The molecule has 0 bridgehead atoms. The van der Waals surface area contributed by atoms with Crippen molar-refractivity contribution in [3.8, 4) is 22.8 Å². The van der Waals surface area contributed by atoms with E-state index in [0.29, 0.717) is 5.82 Å². The molecule has 158 valence electrons. The van der Waals surface area contributed by atoms with E-state index in [-0.39, 0.29) is 0 Å². The van der Waals surface area contributed by atoms with E-state index >= 15 is 0 Å². The van der Waals surface area contributed by atoms with E-state index in [1.807, 2.05) is 42.5 Å². The molecule has 0 radical (unpaired) electrons. The van der Waals surface area contributed by atoms with Crippen molar-refractivity contribution in [1.29, 1.82) is 0 Å². The first-order valence-electron chi connectivity index (χ1n) is 11.4. The Hall–Kier alpha value is -4.63. The molecule has 0 saturated carbocycles. The number of hydrogen-bond donors (Lipinski definition) is 0. The van der Waals surface area contributed by atoms with Gasteiger partial charge in [0.25, 0.3) is 0 Å². The summed E-state index contributed by atoms with van der Waals surface area (Å²) < 4.78 is 0. The molecule has 2 aromatic heterocycles. The van der Waals surface area contributed by atoms with Crippen LogP contribution in [-0.4, -0.2) is 15.0 Å². The molecule has 0 saturated heterocycles. The minimum Gasteiger partial charge on any atom is -0.244 e. The fourth-order valence-electron chi connectivity index (χ4n) is 4.75. The molecular formula is C31H19N3. The quantitative estimate of drug-likeness (QED) is 0.261. The average molecular weight is 434 g/mol. The summed E-state index contributed by atoms with van der Waals surface area (Å²) in [5.41, 5.74) is 4.62. The summed E-state index contributed by atoms with van der Waals surface area (Å²) in [4.78, 5) is 14.8. The zero-order valence-corrected chi connectivity index (χ0v) is 18.3. The summed E-state index contributed by atoms with van der Waals surface area (Å²) >= 11 is 0. The molecule has 0 aliphatic carbocycles. The fourth-order valence-corrected chi connectivity index (χ4v) is 4.75. The van der Waals surface area contributed by atoms with Crippen molar-refractivity contribution in [3.05, 3.63) is 115 Å². The first kappa shape index (κ1) is 18.9. The number of hydrogen-bond acceptors (Lipinski definition) is 3. The van der Waals surface area contributed by atoms with Gasteiger partial charge >= 0.3 is 0 Å². The van der Waals surface area contributed by atoms with Crippen LogP contribution in [0.5, 0.6) is 0 Å². The van der Waals surface area contributed by atoms with E-state index in [1.54, 1.807) is 0 Å². The molecule has 34 heavy (non-hydrogen) atoms. The number of benzene rings is 5. The van der Waals surface area contributed by atoms with Crippen LogP contribution in [0.2, 0.25) is 0 Å². The lowest BCUT2D eigenvalue weighted by molar-refractivity contribution is 1.19. The molecule has 7 aromatic rings. The summed E-state index contributed by atoms with van der Waals surface area (Å²) in [6.45, 7) is 0. The van der Waals surface area contributed by atoms with Gasteiger partial charge < -0.3 is 0 Å². The summed E-state index contributed by atoms with van der Waals surface area (Å²) in [5.74, 6) is 0.637. The molecule has 0 N–H and O–H groups in total. The van der Waals surface area contributed by atoms with Gasteiger partial charge in [-0.15, -0.1) is 0 Å². The van der Waals surface area contributed by atoms with Gasteiger partial charge in [0, 0.05) is 16.3 Å². The lowest BCUT2D eigenvalue weighted by Gasteiger charge is -2.11. The Morgan fingerprint density at radius 2 is 1.06 bits per heavy atom. The molecule has 0 atom stereocenters. The van der Waals surface area contributed by atoms with E-state index in [2.05, 4.69) is 72.8 Å². The second kappa shape index (κ2) is 7.46. The Morgan fingerprint density at radius 3 is 1.94 bits per heavy atom. The highest BCUT2D eigenvalue weighted by atomic mass is 14.9. The highest BCUT2D eigenvalue weighted by molar-refractivity contribution is 6.09. The van der Waals surface area contributed by atoms with Gasteiger partial charge in [-0.05, 0) is 45.8 Å². The van der Waals surface area contributed by atoms with Gasteiger partial charge in [0.2, 0.25) is 0 Å². The van der Waals surface area contributed by atoms with Gasteiger partial charge in [-0.2, -0.15) is 0 Å². The maximum atomic E-state index is 5.06. The lowest BCUT2D eigenvalue weighted by atomic mass is 9.98. The predicted molar refractivity (Wildman–Crippen MR) is 141 cm³/mol. The highest BCUT2D eigenvalue weighted by Gasteiger charge is 2.13. The summed E-state index contributed by atoms with van der Waals surface area (Å²) in [7, 11) is 0. The van der Waals surface area contributed by atoms with Crippen LogP contribution in [0, 0.1) is 0 Å². The Labute approximate surface area is 196 Å². The van der Waals surface area contributed by atoms with Crippen molar-refractivity contribution in [3.63, 3.8) is 0 Å². The minimum absolute atomic E-state index is 0.637. The second-order valence-electron chi connectivity index (χ2n) is 8.52. The Bertz CT molecular complexity index is 1870. The Morgan fingerprint density at radius 1 is 0.412 bits per heavy atom. The smallest absolute Gasteiger partial charge is 0.179 e. The lowest BCUT2D eigenvalue weighted by Crippen LogP contribution is -1.97. The molecule has 0 unspecified atom stereocenters. The number of nitrogens with zero attached hydrogens (tertiary/aromatic N) is 3. The average Bonchev–Trinajstić information content (AvgIpc) is 2.92. The monoisotopic (exact) mass is 433 g/mol. The van der Waals surface area contributed by atoms with Crippen LogP contribution >= 0.6 is 0 Å². The van der Waals surface area contributed by atoms with Crippen LogP contribution in [-0.2, 0) is 0 Å². The van der Waals surface area contributed by atoms with Crippen LogP contribution in [0.1, 0.15) is 0 Å². The van der Waals surface area contributed by atoms with Crippen molar-refractivity contribution in [1.82, 2.24) is 15.0 Å². The number of aromatic nitrogens is 3. The molecule has 7 rings (SSSR count). The molecule has 0 fully saturated rings. The van der Waals surface area contributed by atoms with Crippen molar-refractivity contribution in [2.45, 2.75) is 0 Å². The molecule has 3 heteroatoms. The van der Waals surface area contributed by atoms with Gasteiger partial charge in [0.05, 0.1) is 16.7 Å². The maximum Gasteiger partial charge on any atom is 0.179 e. The van der Waals surface area contributed by atoms with E-state index in [9.17, 15) is 0 Å². The van der Waals surface area contributed by atoms with Gasteiger partial charge in [-0.25, -0.2) is 15.0 Å². The molecule has 5 aromatic carbocycles. The van der Waals surface area contributed by atoms with Gasteiger partial charge in [0.15, 0.2) is 5.82 Å². The molecule has 0 spiro atoms. The van der Waals surface area contributed by atoms with Crippen molar-refractivity contribution in [2.24, 2.45) is 0 Å². The molecular weight excluding hydrogens is 414 g/mol. The van der Waals surface area contributed by atoms with Gasteiger partial charge in [-0.1, -0.05) is 91.0 Å². The number of para-hydroxylation sites is 2. The topological polar surface area (TPSA) is 38.7 Å². The minimum atomic E-state index is 0.637. The standard InChI is InChI=1S/C31H19N3/c1-3-9-24-20(7-1)13-14-21-15-16-23(19-26(21)24)30-25-10-4-6-12-28(25)33-31(34-30)29-18-17-22-8-2-5-11-27(22)32-29/h1-19H. The first-order valence-corrected chi connectivity index (χ1v) is 11.4. The predicted octanol–water partition coefficient (Wildman–Crippen LogP) is 7.82. The molecule has 0 aliphatic heterocycles. The SMILES string of the molecule is c1ccc2nc(-c3nc(-c4ccc5ccc6ccccc6c5c4)c4ccccc4n3)ccc2c1. The van der Waals surface area contributed by atoms with Crippen LogP contribution < -0.4 is 0 Å². The van der Waals surface area contributed by atoms with Crippen LogP contribution in [0.25, 0.3) is 66.1 Å². The third kappa shape index (κ3) is 3.02. The largest absolute Gasteiger partial charge is 0.244 e. The van der Waals surface area contributed by atoms with E-state index in [4.69, 9.17) is 15.0 Å². The van der Waals surface area contributed by atoms with Crippen LogP contribution in [0.15, 0.2) is 115 Å². The first-order chi connectivity index (χ1) is 16.8. The molecule has 0 aliphatic rings. The van der Waals surface area contributed by atoms with E-state index < -0.39 is 0 Å². The summed E-state index contributed by atoms with van der Waals surface area (Å²) in [5, 5.41) is 7.07. The van der Waals surface area contributed by atoms with Gasteiger partial charge in [-0.3, -0.25) is 0 Å². The Kier molecular flexibility index (Phi) is 4.15. The van der Waals surface area contributed by atoms with Crippen molar-refractivity contribution >= 4 is 43.4 Å². The van der Waals surface area contributed by atoms with E-state index in [1.165, 1.54) is 21.5 Å². The fraction of sp³-hybridized carbons (Fsp3) is 0. The van der Waals surface area contributed by atoms with Crippen molar-refractivity contribution in [2.75, 3.05) is 0 Å². The number of fused-ring (bicyclic) bond motifs is 5. The Balaban J connectivity index is 1.49.